The Morgan fingerprint density at radius 2 is 1.96 bits per heavy atom. The van der Waals surface area contributed by atoms with Crippen molar-refractivity contribution in [3.63, 3.8) is 0 Å². The highest BCUT2D eigenvalue weighted by Gasteiger charge is 2.23. The largest absolute Gasteiger partial charge is 0.463 e. The SMILES string of the molecule is C=CCCCC(=O)c1cc(C(=O)OC)oc1NC(=O)c1ccccc1. The molecule has 2 aromatic rings. The Labute approximate surface area is 145 Å². The van der Waals surface area contributed by atoms with Gasteiger partial charge in [-0.3, -0.25) is 14.9 Å². The van der Waals surface area contributed by atoms with Gasteiger partial charge < -0.3 is 9.15 Å². The van der Waals surface area contributed by atoms with Crippen LogP contribution in [0.2, 0.25) is 0 Å². The van der Waals surface area contributed by atoms with Crippen LogP contribution in [0, 0.1) is 0 Å². The lowest BCUT2D eigenvalue weighted by Crippen LogP contribution is -2.13. The summed E-state index contributed by atoms with van der Waals surface area (Å²) in [4.78, 5) is 36.3. The van der Waals surface area contributed by atoms with Crippen molar-refractivity contribution in [3.8, 4) is 0 Å². The molecule has 25 heavy (non-hydrogen) atoms. The summed E-state index contributed by atoms with van der Waals surface area (Å²) in [5, 5.41) is 2.54. The number of furan rings is 1. The molecule has 0 bridgehead atoms. The van der Waals surface area contributed by atoms with E-state index in [4.69, 9.17) is 4.42 Å². The number of nitrogens with one attached hydrogen (secondary N) is 1. The molecular formula is C19H19NO5. The van der Waals surface area contributed by atoms with E-state index in [2.05, 4.69) is 16.6 Å². The number of esters is 1. The molecule has 6 nitrogen and oxygen atoms in total. The van der Waals surface area contributed by atoms with Gasteiger partial charge in [0.15, 0.2) is 5.78 Å². The number of rotatable bonds is 8. The van der Waals surface area contributed by atoms with Crippen LogP contribution in [-0.4, -0.2) is 24.8 Å². The summed E-state index contributed by atoms with van der Waals surface area (Å²) in [6.45, 7) is 3.61. The Morgan fingerprint density at radius 1 is 1.24 bits per heavy atom. The summed E-state index contributed by atoms with van der Waals surface area (Å²) in [5.41, 5.74) is 0.553. The van der Waals surface area contributed by atoms with Crippen LogP contribution < -0.4 is 5.32 Å². The molecule has 0 atom stereocenters. The number of amides is 1. The van der Waals surface area contributed by atoms with Crippen molar-refractivity contribution < 1.29 is 23.5 Å². The van der Waals surface area contributed by atoms with Crippen LogP contribution in [0.15, 0.2) is 53.5 Å². The van der Waals surface area contributed by atoms with Crippen LogP contribution in [0.3, 0.4) is 0 Å². The van der Waals surface area contributed by atoms with E-state index < -0.39 is 11.9 Å². The molecule has 0 unspecified atom stereocenters. The minimum absolute atomic E-state index is 0.0575. The number of carbonyl (C=O) groups is 3. The normalized spacial score (nSPS) is 10.1. The highest BCUT2D eigenvalue weighted by molar-refractivity contribution is 6.09. The third-order valence-electron chi connectivity index (χ3n) is 3.49. The average molecular weight is 341 g/mol. The molecule has 1 N–H and O–H groups in total. The van der Waals surface area contributed by atoms with Crippen molar-refractivity contribution in [2.75, 3.05) is 12.4 Å². The van der Waals surface area contributed by atoms with Gasteiger partial charge in [0.25, 0.3) is 5.91 Å². The van der Waals surface area contributed by atoms with E-state index in [-0.39, 0.29) is 29.4 Å². The number of benzene rings is 1. The van der Waals surface area contributed by atoms with Gasteiger partial charge in [0.05, 0.1) is 12.7 Å². The van der Waals surface area contributed by atoms with Crippen LogP contribution >= 0.6 is 0 Å². The van der Waals surface area contributed by atoms with Crippen molar-refractivity contribution in [1.82, 2.24) is 0 Å². The quantitative estimate of drug-likeness (QED) is 0.341. The fourth-order valence-corrected chi connectivity index (χ4v) is 2.20. The fraction of sp³-hybridized carbons (Fsp3) is 0.211. The molecule has 0 aliphatic rings. The summed E-state index contributed by atoms with van der Waals surface area (Å²) < 4.78 is 9.94. The Morgan fingerprint density at radius 3 is 2.60 bits per heavy atom. The fourth-order valence-electron chi connectivity index (χ4n) is 2.20. The van der Waals surface area contributed by atoms with E-state index in [9.17, 15) is 14.4 Å². The molecule has 130 valence electrons. The van der Waals surface area contributed by atoms with Gasteiger partial charge in [-0.1, -0.05) is 24.3 Å². The maximum absolute atomic E-state index is 12.4. The number of ether oxygens (including phenoxy) is 1. The number of hydrogen-bond donors (Lipinski definition) is 1. The van der Waals surface area contributed by atoms with Gasteiger partial charge in [-0.25, -0.2) is 4.79 Å². The Balaban J connectivity index is 2.26. The Bertz CT molecular complexity index is 776. The smallest absolute Gasteiger partial charge is 0.374 e. The van der Waals surface area contributed by atoms with Crippen molar-refractivity contribution in [2.24, 2.45) is 0 Å². The molecule has 1 aromatic carbocycles. The summed E-state index contributed by atoms with van der Waals surface area (Å²) in [6.07, 6.45) is 3.29. The van der Waals surface area contributed by atoms with E-state index in [1.54, 1.807) is 36.4 Å². The van der Waals surface area contributed by atoms with Gasteiger partial charge in [-0.2, -0.15) is 0 Å². The summed E-state index contributed by atoms with van der Waals surface area (Å²) in [7, 11) is 1.21. The molecule has 0 aliphatic heterocycles. The standard InChI is InChI=1S/C19H19NO5/c1-3-4-6-11-15(21)14-12-16(19(23)24-2)25-18(14)20-17(22)13-9-7-5-8-10-13/h3,5,7-10,12H,1,4,6,11H2,2H3,(H,20,22). The summed E-state index contributed by atoms with van der Waals surface area (Å²) in [6, 6.07) is 9.78. The molecular weight excluding hydrogens is 322 g/mol. The second kappa shape index (κ2) is 8.63. The van der Waals surface area contributed by atoms with Gasteiger partial charge in [0, 0.05) is 18.1 Å². The minimum Gasteiger partial charge on any atom is -0.463 e. The number of allylic oxidation sites excluding steroid dienone is 1. The summed E-state index contributed by atoms with van der Waals surface area (Å²) >= 11 is 0. The number of anilines is 1. The Hall–Kier alpha value is -3.15. The zero-order valence-electron chi connectivity index (χ0n) is 13.9. The first-order valence-electron chi connectivity index (χ1n) is 7.79. The number of Topliss-reactive ketones (excluding diaryl/α,β-unsaturated/α-hetero) is 1. The predicted molar refractivity (Wildman–Crippen MR) is 92.8 cm³/mol. The lowest BCUT2D eigenvalue weighted by Gasteiger charge is -2.04. The third kappa shape index (κ3) is 4.67. The van der Waals surface area contributed by atoms with E-state index in [0.29, 0.717) is 18.4 Å². The van der Waals surface area contributed by atoms with Crippen molar-refractivity contribution in [3.05, 3.63) is 65.9 Å². The number of hydrogen-bond acceptors (Lipinski definition) is 5. The van der Waals surface area contributed by atoms with E-state index in [0.717, 1.165) is 0 Å². The average Bonchev–Trinajstić information content (AvgIpc) is 3.05. The first kappa shape index (κ1) is 18.2. The molecule has 0 fully saturated rings. The molecule has 6 heteroatoms. The molecule has 0 spiro atoms. The maximum Gasteiger partial charge on any atom is 0.374 e. The van der Waals surface area contributed by atoms with Crippen molar-refractivity contribution in [1.29, 1.82) is 0 Å². The third-order valence-corrected chi connectivity index (χ3v) is 3.49. The van der Waals surface area contributed by atoms with E-state index >= 15 is 0 Å². The van der Waals surface area contributed by atoms with Crippen molar-refractivity contribution in [2.45, 2.75) is 19.3 Å². The van der Waals surface area contributed by atoms with Crippen LogP contribution in [0.1, 0.15) is 50.5 Å². The second-order valence-electron chi connectivity index (χ2n) is 5.27. The highest BCUT2D eigenvalue weighted by atomic mass is 16.5. The predicted octanol–water partition coefficient (Wildman–Crippen LogP) is 3.86. The number of ketones is 1. The molecule has 1 aromatic heterocycles. The van der Waals surface area contributed by atoms with E-state index in [1.807, 2.05) is 0 Å². The minimum atomic E-state index is -0.722. The van der Waals surface area contributed by atoms with Gasteiger partial charge in [-0.15, -0.1) is 6.58 Å². The van der Waals surface area contributed by atoms with Crippen LogP contribution in [-0.2, 0) is 4.74 Å². The maximum atomic E-state index is 12.4. The topological polar surface area (TPSA) is 85.6 Å². The van der Waals surface area contributed by atoms with Crippen LogP contribution in [0.4, 0.5) is 5.88 Å². The Kier molecular flexibility index (Phi) is 6.28. The van der Waals surface area contributed by atoms with E-state index in [1.165, 1.54) is 13.2 Å². The first-order chi connectivity index (χ1) is 12.1. The monoisotopic (exact) mass is 341 g/mol. The van der Waals surface area contributed by atoms with Crippen LogP contribution in [0.25, 0.3) is 0 Å². The molecule has 1 heterocycles. The molecule has 0 saturated carbocycles. The number of unbranched alkanes of at least 4 members (excludes halogenated alkanes) is 1. The molecule has 0 aliphatic carbocycles. The molecule has 0 saturated heterocycles. The molecule has 1 amide bonds. The number of methoxy groups -OCH3 is 1. The highest BCUT2D eigenvalue weighted by Crippen LogP contribution is 2.25. The summed E-state index contributed by atoms with van der Waals surface area (Å²) in [5.74, 6) is -1.59. The number of carbonyl (C=O) groups excluding carboxylic acids is 3. The lowest BCUT2D eigenvalue weighted by atomic mass is 10.1. The van der Waals surface area contributed by atoms with Gasteiger partial charge >= 0.3 is 5.97 Å². The van der Waals surface area contributed by atoms with Crippen LogP contribution in [0.5, 0.6) is 0 Å². The van der Waals surface area contributed by atoms with Crippen molar-refractivity contribution >= 4 is 23.5 Å². The first-order valence-corrected chi connectivity index (χ1v) is 7.79. The molecule has 0 radical (unpaired) electrons. The zero-order valence-corrected chi connectivity index (χ0v) is 13.9. The van der Waals surface area contributed by atoms with Gasteiger partial charge in [0.2, 0.25) is 11.6 Å². The molecule has 2 rings (SSSR count). The van der Waals surface area contributed by atoms with Gasteiger partial charge in [-0.05, 0) is 25.0 Å². The lowest BCUT2D eigenvalue weighted by molar-refractivity contribution is 0.0565. The van der Waals surface area contributed by atoms with Gasteiger partial charge in [0.1, 0.15) is 0 Å². The second-order valence-corrected chi connectivity index (χ2v) is 5.27. The zero-order chi connectivity index (χ0) is 18.2.